The van der Waals surface area contributed by atoms with Crippen molar-refractivity contribution in [1.29, 1.82) is 0 Å². The minimum Gasteiger partial charge on any atom is -0.481 e. The number of rotatable bonds is 2. The van der Waals surface area contributed by atoms with Crippen molar-refractivity contribution < 1.29 is 30.0 Å². The van der Waals surface area contributed by atoms with Crippen LogP contribution < -0.4 is 0 Å². The number of fused-ring (bicyclic) bond motifs is 3. The van der Waals surface area contributed by atoms with E-state index in [0.29, 0.717) is 51.4 Å². The van der Waals surface area contributed by atoms with E-state index in [9.17, 15) is 30.0 Å². The number of aliphatic hydroxyl groups is 3. The third-order valence-electron chi connectivity index (χ3n) is 9.21. The van der Waals surface area contributed by atoms with Gasteiger partial charge in [-0.3, -0.25) is 9.59 Å². The molecule has 0 radical (unpaired) electrons. The highest BCUT2D eigenvalue weighted by Crippen LogP contribution is 2.73. The van der Waals surface area contributed by atoms with Crippen LogP contribution in [0.15, 0.2) is 0 Å². The van der Waals surface area contributed by atoms with Crippen LogP contribution in [0.2, 0.25) is 0 Å². The fraction of sp³-hybridized carbons (Fsp3) is 0.900. The van der Waals surface area contributed by atoms with E-state index in [4.69, 9.17) is 0 Å². The zero-order valence-electron chi connectivity index (χ0n) is 15.6. The first kappa shape index (κ1) is 18.4. The molecule has 4 fully saturated rings. The number of hydrogen-bond donors (Lipinski definition) is 4. The van der Waals surface area contributed by atoms with Crippen LogP contribution in [0.25, 0.3) is 0 Å². The number of carboxylic acid groups (broad SMARTS) is 1. The smallest absolute Gasteiger partial charge is 0.309 e. The summed E-state index contributed by atoms with van der Waals surface area (Å²) >= 11 is 0. The Balaban J connectivity index is 1.85. The molecule has 4 aliphatic rings. The molecular weight excluding hydrogens is 336 g/mol. The van der Waals surface area contributed by atoms with Crippen molar-refractivity contribution in [2.75, 3.05) is 6.61 Å². The highest BCUT2D eigenvalue weighted by Gasteiger charge is 2.78. The normalized spacial score (nSPS) is 56.0. The quantitative estimate of drug-likeness (QED) is 0.589. The van der Waals surface area contributed by atoms with Crippen LogP contribution in [-0.4, -0.2) is 50.0 Å². The van der Waals surface area contributed by atoms with E-state index in [0.717, 1.165) is 0 Å². The van der Waals surface area contributed by atoms with Gasteiger partial charge in [-0.25, -0.2) is 0 Å². The van der Waals surface area contributed by atoms with Crippen LogP contribution in [0.4, 0.5) is 0 Å². The Labute approximate surface area is 153 Å². The van der Waals surface area contributed by atoms with Crippen LogP contribution in [0.3, 0.4) is 0 Å². The van der Waals surface area contributed by atoms with Crippen molar-refractivity contribution in [3.63, 3.8) is 0 Å². The van der Waals surface area contributed by atoms with Crippen molar-refractivity contribution in [2.45, 2.75) is 76.4 Å². The molecule has 146 valence electrons. The Morgan fingerprint density at radius 3 is 2.42 bits per heavy atom. The summed E-state index contributed by atoms with van der Waals surface area (Å²) in [7, 11) is 0. The van der Waals surface area contributed by atoms with Crippen molar-refractivity contribution in [1.82, 2.24) is 0 Å². The number of carbonyl (C=O) groups is 2. The molecule has 4 N–H and O–H groups in total. The molecule has 2 bridgehead atoms. The van der Waals surface area contributed by atoms with Crippen molar-refractivity contribution >= 4 is 11.8 Å². The first-order chi connectivity index (χ1) is 12.0. The minimum absolute atomic E-state index is 0.205. The van der Waals surface area contributed by atoms with E-state index in [2.05, 4.69) is 0 Å². The average molecular weight is 366 g/mol. The summed E-state index contributed by atoms with van der Waals surface area (Å²) in [5.74, 6) is -1.77. The Hall–Kier alpha value is -0.980. The molecule has 7 atom stereocenters. The van der Waals surface area contributed by atoms with E-state index in [-0.39, 0.29) is 11.8 Å². The van der Waals surface area contributed by atoms with Gasteiger partial charge in [0.1, 0.15) is 5.60 Å². The Morgan fingerprint density at radius 1 is 1.12 bits per heavy atom. The first-order valence-corrected chi connectivity index (χ1v) is 9.86. The lowest BCUT2D eigenvalue weighted by atomic mass is 9.38. The lowest BCUT2D eigenvalue weighted by molar-refractivity contribution is -0.255. The summed E-state index contributed by atoms with van der Waals surface area (Å²) in [6, 6.07) is 0. The number of aliphatic carboxylic acids is 1. The van der Waals surface area contributed by atoms with Crippen LogP contribution in [0, 0.1) is 28.1 Å². The van der Waals surface area contributed by atoms with E-state index >= 15 is 0 Å². The Morgan fingerprint density at radius 2 is 1.81 bits per heavy atom. The molecule has 1 spiro atoms. The highest BCUT2D eigenvalue weighted by atomic mass is 16.4. The second-order valence-corrected chi connectivity index (χ2v) is 9.88. The predicted molar refractivity (Wildman–Crippen MR) is 92.2 cm³/mol. The number of aliphatic hydroxyl groups excluding tert-OH is 1. The summed E-state index contributed by atoms with van der Waals surface area (Å²) < 4.78 is 0. The van der Waals surface area contributed by atoms with Gasteiger partial charge in [-0.1, -0.05) is 13.3 Å². The molecule has 6 nitrogen and oxygen atoms in total. The van der Waals surface area contributed by atoms with Gasteiger partial charge in [-0.05, 0) is 63.7 Å². The van der Waals surface area contributed by atoms with Crippen LogP contribution in [0.1, 0.15) is 65.2 Å². The molecule has 0 heterocycles. The van der Waals surface area contributed by atoms with Gasteiger partial charge in [-0.15, -0.1) is 0 Å². The molecule has 0 aromatic carbocycles. The van der Waals surface area contributed by atoms with Crippen LogP contribution in [0.5, 0.6) is 0 Å². The Kier molecular flexibility index (Phi) is 3.60. The SMILES string of the molecule is CC1(C(=O)O)CCCC2(C)C1CCC13CC(CCC12O)C(O)(CO)C3=O. The van der Waals surface area contributed by atoms with E-state index in [1.54, 1.807) is 6.92 Å². The van der Waals surface area contributed by atoms with Gasteiger partial charge < -0.3 is 20.4 Å². The molecule has 0 aliphatic heterocycles. The zero-order chi connectivity index (χ0) is 19.2. The third kappa shape index (κ3) is 1.70. The zero-order valence-corrected chi connectivity index (χ0v) is 15.6. The summed E-state index contributed by atoms with van der Waals surface area (Å²) in [6.07, 6.45) is 4.19. The summed E-state index contributed by atoms with van der Waals surface area (Å²) in [4.78, 5) is 25.4. The average Bonchev–Trinajstić information content (AvgIpc) is 2.77. The van der Waals surface area contributed by atoms with Gasteiger partial charge in [0.05, 0.1) is 23.0 Å². The standard InChI is InChI=1S/C20H30O6/c1-16(15(23)24)6-3-7-17(2)13(16)5-8-18-10-12(4-9-20(17,18)26)19(25,11-21)14(18)22/h12-13,21,25-26H,3-11H2,1-2H3,(H,23,24). The third-order valence-corrected chi connectivity index (χ3v) is 9.21. The van der Waals surface area contributed by atoms with E-state index in [1.165, 1.54) is 0 Å². The first-order valence-electron chi connectivity index (χ1n) is 9.86. The molecule has 0 aromatic heterocycles. The number of carboxylic acids is 1. The summed E-state index contributed by atoms with van der Waals surface area (Å²) in [5, 5.41) is 42.5. The van der Waals surface area contributed by atoms with Crippen LogP contribution >= 0.6 is 0 Å². The largest absolute Gasteiger partial charge is 0.481 e. The number of ketones is 1. The van der Waals surface area contributed by atoms with Crippen molar-refractivity contribution in [2.24, 2.45) is 28.1 Å². The maximum Gasteiger partial charge on any atom is 0.309 e. The van der Waals surface area contributed by atoms with E-state index in [1.807, 2.05) is 6.92 Å². The van der Waals surface area contributed by atoms with Gasteiger partial charge in [0.2, 0.25) is 0 Å². The highest BCUT2D eigenvalue weighted by molar-refractivity contribution is 5.97. The molecule has 6 heteroatoms. The molecule has 4 aliphatic carbocycles. The number of hydrogen-bond acceptors (Lipinski definition) is 5. The Bertz CT molecular complexity index is 677. The lowest BCUT2D eigenvalue weighted by Gasteiger charge is -2.66. The molecule has 0 saturated heterocycles. The molecule has 4 rings (SSSR count). The minimum atomic E-state index is -1.77. The molecular formula is C20H30O6. The second kappa shape index (κ2) is 5.09. The van der Waals surface area contributed by atoms with Gasteiger partial charge in [0, 0.05) is 5.41 Å². The fourth-order valence-corrected chi connectivity index (χ4v) is 7.71. The molecule has 4 saturated carbocycles. The molecule has 7 unspecified atom stereocenters. The fourth-order valence-electron chi connectivity index (χ4n) is 7.71. The maximum atomic E-state index is 13.3. The van der Waals surface area contributed by atoms with Crippen LogP contribution in [-0.2, 0) is 9.59 Å². The molecule has 0 amide bonds. The number of carbonyl (C=O) groups excluding carboxylic acids is 1. The van der Waals surface area contributed by atoms with E-state index < -0.39 is 45.8 Å². The second-order valence-electron chi connectivity index (χ2n) is 9.88. The molecule has 26 heavy (non-hydrogen) atoms. The predicted octanol–water partition coefficient (Wildman–Crippen LogP) is 1.50. The van der Waals surface area contributed by atoms with Crippen molar-refractivity contribution in [3.8, 4) is 0 Å². The monoisotopic (exact) mass is 366 g/mol. The summed E-state index contributed by atoms with van der Waals surface area (Å²) in [5.41, 5.74) is -5.74. The van der Waals surface area contributed by atoms with Gasteiger partial charge in [0.25, 0.3) is 0 Å². The van der Waals surface area contributed by atoms with Gasteiger partial charge in [0.15, 0.2) is 5.78 Å². The molecule has 0 aromatic rings. The van der Waals surface area contributed by atoms with Crippen molar-refractivity contribution in [3.05, 3.63) is 0 Å². The maximum absolute atomic E-state index is 13.3. The summed E-state index contributed by atoms with van der Waals surface area (Å²) in [6.45, 7) is 3.13. The number of Topliss-reactive ketones (excluding diaryl/α,β-unsaturated/α-hetero) is 1. The van der Waals surface area contributed by atoms with Gasteiger partial charge in [-0.2, -0.15) is 0 Å². The lowest BCUT2D eigenvalue weighted by Crippen LogP contribution is -2.70. The van der Waals surface area contributed by atoms with Gasteiger partial charge >= 0.3 is 5.97 Å². The topological polar surface area (TPSA) is 115 Å².